The lowest BCUT2D eigenvalue weighted by Crippen LogP contribution is -2.49. The SMILES string of the molecule is CCc1nc(C2(NCCOC)CCCOC2)sc1C. The molecule has 0 bridgehead atoms. The second-order valence-electron chi connectivity index (χ2n) is 5.03. The van der Waals surface area contributed by atoms with Crippen LogP contribution in [-0.2, 0) is 21.4 Å². The number of aryl methyl sites for hydroxylation is 2. The van der Waals surface area contributed by atoms with Crippen LogP contribution < -0.4 is 5.32 Å². The minimum atomic E-state index is -0.111. The Morgan fingerprint density at radius 3 is 2.95 bits per heavy atom. The van der Waals surface area contributed by atoms with E-state index in [2.05, 4.69) is 19.2 Å². The van der Waals surface area contributed by atoms with E-state index in [-0.39, 0.29) is 5.54 Å². The molecule has 1 atom stereocenters. The Hall–Kier alpha value is -0.490. The molecule has 0 saturated carbocycles. The number of aromatic nitrogens is 1. The molecule has 1 aliphatic rings. The van der Waals surface area contributed by atoms with Crippen LogP contribution in [-0.4, -0.2) is 38.5 Å². The Kier molecular flexibility index (Phi) is 5.33. The topological polar surface area (TPSA) is 43.4 Å². The third kappa shape index (κ3) is 3.34. The van der Waals surface area contributed by atoms with Crippen LogP contribution in [0.1, 0.15) is 35.3 Å². The number of hydrogen-bond donors (Lipinski definition) is 1. The summed E-state index contributed by atoms with van der Waals surface area (Å²) in [6.07, 6.45) is 3.17. The maximum absolute atomic E-state index is 5.72. The Labute approximate surface area is 119 Å². The lowest BCUT2D eigenvalue weighted by atomic mass is 9.93. The van der Waals surface area contributed by atoms with E-state index >= 15 is 0 Å². The Balaban J connectivity index is 2.19. The number of nitrogens with zero attached hydrogens (tertiary/aromatic N) is 1. The van der Waals surface area contributed by atoms with Gasteiger partial charge in [-0.1, -0.05) is 6.92 Å². The van der Waals surface area contributed by atoms with Crippen LogP contribution in [0.5, 0.6) is 0 Å². The number of rotatable bonds is 6. The van der Waals surface area contributed by atoms with Gasteiger partial charge in [0.2, 0.25) is 0 Å². The predicted molar refractivity (Wildman–Crippen MR) is 77.8 cm³/mol. The number of nitrogens with one attached hydrogen (secondary N) is 1. The van der Waals surface area contributed by atoms with Crippen molar-refractivity contribution in [1.29, 1.82) is 0 Å². The average molecular weight is 284 g/mol. The maximum atomic E-state index is 5.72. The number of hydrogen-bond acceptors (Lipinski definition) is 5. The zero-order chi connectivity index (χ0) is 13.7. The number of ether oxygens (including phenoxy) is 2. The van der Waals surface area contributed by atoms with Crippen molar-refractivity contribution in [2.24, 2.45) is 0 Å². The first kappa shape index (κ1) is 14.9. The summed E-state index contributed by atoms with van der Waals surface area (Å²) in [5.74, 6) is 0. The number of thiazole rings is 1. The molecule has 4 nitrogen and oxygen atoms in total. The first-order valence-corrected chi connectivity index (χ1v) is 7.82. The fourth-order valence-electron chi connectivity index (χ4n) is 2.53. The molecular weight excluding hydrogens is 260 g/mol. The lowest BCUT2D eigenvalue weighted by Gasteiger charge is -2.36. The van der Waals surface area contributed by atoms with E-state index in [0.717, 1.165) is 32.4 Å². The molecule has 108 valence electrons. The first-order chi connectivity index (χ1) is 9.22. The van der Waals surface area contributed by atoms with Crippen LogP contribution >= 0.6 is 11.3 Å². The van der Waals surface area contributed by atoms with Gasteiger partial charge in [-0.2, -0.15) is 0 Å². The predicted octanol–water partition coefficient (Wildman–Crippen LogP) is 2.26. The van der Waals surface area contributed by atoms with Gasteiger partial charge in [-0.3, -0.25) is 0 Å². The quantitative estimate of drug-likeness (QED) is 0.814. The average Bonchev–Trinajstić information content (AvgIpc) is 2.82. The van der Waals surface area contributed by atoms with Gasteiger partial charge in [0.1, 0.15) is 5.01 Å². The van der Waals surface area contributed by atoms with Gasteiger partial charge < -0.3 is 14.8 Å². The summed E-state index contributed by atoms with van der Waals surface area (Å²) in [6, 6.07) is 0. The van der Waals surface area contributed by atoms with Gasteiger partial charge in [-0.05, 0) is 26.2 Å². The second-order valence-corrected chi connectivity index (χ2v) is 6.24. The third-order valence-corrected chi connectivity index (χ3v) is 4.86. The van der Waals surface area contributed by atoms with Crippen LogP contribution in [0.2, 0.25) is 0 Å². The Bertz CT molecular complexity index is 400. The monoisotopic (exact) mass is 284 g/mol. The van der Waals surface area contributed by atoms with Crippen molar-refractivity contribution >= 4 is 11.3 Å². The van der Waals surface area contributed by atoms with E-state index in [4.69, 9.17) is 14.5 Å². The molecule has 2 heterocycles. The summed E-state index contributed by atoms with van der Waals surface area (Å²) in [6.45, 7) is 7.44. The summed E-state index contributed by atoms with van der Waals surface area (Å²) < 4.78 is 10.9. The zero-order valence-corrected chi connectivity index (χ0v) is 12.9. The molecule has 1 aliphatic heterocycles. The molecule has 0 aliphatic carbocycles. The zero-order valence-electron chi connectivity index (χ0n) is 12.1. The Morgan fingerprint density at radius 1 is 1.53 bits per heavy atom. The minimum absolute atomic E-state index is 0.111. The van der Waals surface area contributed by atoms with Crippen LogP contribution in [0.25, 0.3) is 0 Å². The lowest BCUT2D eigenvalue weighted by molar-refractivity contribution is 0.0150. The molecule has 19 heavy (non-hydrogen) atoms. The minimum Gasteiger partial charge on any atom is -0.383 e. The third-order valence-electron chi connectivity index (χ3n) is 3.65. The van der Waals surface area contributed by atoms with Crippen LogP contribution in [0.3, 0.4) is 0 Å². The first-order valence-electron chi connectivity index (χ1n) is 7.00. The van der Waals surface area contributed by atoms with Crippen molar-refractivity contribution in [3.63, 3.8) is 0 Å². The van der Waals surface area contributed by atoms with E-state index in [1.165, 1.54) is 15.6 Å². The normalized spacial score (nSPS) is 23.7. The second kappa shape index (κ2) is 6.79. The van der Waals surface area contributed by atoms with E-state index in [0.29, 0.717) is 13.2 Å². The van der Waals surface area contributed by atoms with Crippen molar-refractivity contribution in [2.45, 2.75) is 38.6 Å². The molecule has 0 amide bonds. The summed E-state index contributed by atoms with van der Waals surface area (Å²) in [5, 5.41) is 4.79. The maximum Gasteiger partial charge on any atom is 0.116 e. The highest BCUT2D eigenvalue weighted by molar-refractivity contribution is 7.11. The standard InChI is InChI=1S/C14H24N2O2S/c1-4-12-11(2)19-13(16-12)14(15-7-9-17-3)6-5-8-18-10-14/h15H,4-10H2,1-3H3. The van der Waals surface area contributed by atoms with Gasteiger partial charge in [0.15, 0.2) is 0 Å². The van der Waals surface area contributed by atoms with Crippen molar-refractivity contribution in [3.8, 4) is 0 Å². The highest BCUT2D eigenvalue weighted by atomic mass is 32.1. The molecule has 1 fully saturated rings. The molecule has 1 unspecified atom stereocenters. The van der Waals surface area contributed by atoms with Crippen LogP contribution in [0, 0.1) is 6.92 Å². The summed E-state index contributed by atoms with van der Waals surface area (Å²) in [5.41, 5.74) is 1.11. The molecular formula is C14H24N2O2S. The number of methoxy groups -OCH3 is 1. The van der Waals surface area contributed by atoms with E-state index in [9.17, 15) is 0 Å². The summed E-state index contributed by atoms with van der Waals surface area (Å²) in [7, 11) is 1.73. The highest BCUT2D eigenvalue weighted by Crippen LogP contribution is 2.34. The fraction of sp³-hybridized carbons (Fsp3) is 0.786. The van der Waals surface area contributed by atoms with E-state index in [1.54, 1.807) is 7.11 Å². The summed E-state index contributed by atoms with van der Waals surface area (Å²) >= 11 is 1.81. The van der Waals surface area contributed by atoms with Crippen LogP contribution in [0.4, 0.5) is 0 Å². The summed E-state index contributed by atoms with van der Waals surface area (Å²) in [4.78, 5) is 6.17. The van der Waals surface area contributed by atoms with Gasteiger partial charge >= 0.3 is 0 Å². The van der Waals surface area contributed by atoms with Crippen molar-refractivity contribution in [2.75, 3.05) is 33.5 Å². The molecule has 1 aromatic rings. The molecule has 1 saturated heterocycles. The van der Waals surface area contributed by atoms with Gasteiger partial charge in [0.25, 0.3) is 0 Å². The van der Waals surface area contributed by atoms with E-state index in [1.807, 2.05) is 11.3 Å². The molecule has 2 rings (SSSR count). The van der Waals surface area contributed by atoms with Crippen molar-refractivity contribution in [3.05, 3.63) is 15.6 Å². The molecule has 1 aromatic heterocycles. The Morgan fingerprint density at radius 2 is 2.37 bits per heavy atom. The molecule has 0 aromatic carbocycles. The molecule has 1 N–H and O–H groups in total. The van der Waals surface area contributed by atoms with Crippen LogP contribution in [0.15, 0.2) is 0 Å². The van der Waals surface area contributed by atoms with Gasteiger partial charge in [-0.25, -0.2) is 4.98 Å². The molecule has 0 radical (unpaired) electrons. The largest absolute Gasteiger partial charge is 0.383 e. The van der Waals surface area contributed by atoms with Crippen molar-refractivity contribution in [1.82, 2.24) is 10.3 Å². The van der Waals surface area contributed by atoms with Gasteiger partial charge in [-0.15, -0.1) is 11.3 Å². The van der Waals surface area contributed by atoms with Gasteiger partial charge in [0, 0.05) is 25.1 Å². The highest BCUT2D eigenvalue weighted by Gasteiger charge is 2.37. The molecule has 5 heteroatoms. The fourth-order valence-corrected chi connectivity index (χ4v) is 3.71. The smallest absolute Gasteiger partial charge is 0.116 e. The van der Waals surface area contributed by atoms with Gasteiger partial charge in [0.05, 0.1) is 24.4 Å². The molecule has 0 spiro atoms. The van der Waals surface area contributed by atoms with Crippen molar-refractivity contribution < 1.29 is 9.47 Å². The van der Waals surface area contributed by atoms with E-state index < -0.39 is 0 Å².